The Kier molecular flexibility index (Phi) is 5.09. The van der Waals surface area contributed by atoms with Crippen LogP contribution in [0.25, 0.3) is 0 Å². The van der Waals surface area contributed by atoms with Gasteiger partial charge in [-0.05, 0) is 25.0 Å². The van der Waals surface area contributed by atoms with Crippen LogP contribution in [-0.2, 0) is 4.79 Å². The Hall–Kier alpha value is -2.88. The predicted octanol–water partition coefficient (Wildman–Crippen LogP) is 2.04. The van der Waals surface area contributed by atoms with E-state index in [1.165, 1.54) is 0 Å². The van der Waals surface area contributed by atoms with Crippen LogP contribution in [0, 0.1) is 22.7 Å². The molecule has 0 unspecified atom stereocenters. The molecule has 7 heteroatoms. The Bertz CT molecular complexity index is 640. The number of nitrogens with zero attached hydrogens (tertiary/aromatic N) is 2. The molecule has 1 aromatic rings. The number of anilines is 2. The minimum Gasteiger partial charge on any atom is -0.382 e. The van der Waals surface area contributed by atoms with E-state index in [4.69, 9.17) is 16.4 Å². The summed E-state index contributed by atoms with van der Waals surface area (Å²) in [4.78, 5) is 12.2. The molecule has 22 heavy (non-hydrogen) atoms. The van der Waals surface area contributed by atoms with Crippen molar-refractivity contribution >= 4 is 28.8 Å². The van der Waals surface area contributed by atoms with Crippen LogP contribution in [-0.4, -0.2) is 17.5 Å². The van der Waals surface area contributed by atoms with Gasteiger partial charge >= 0.3 is 0 Å². The minimum absolute atomic E-state index is 0.00260. The van der Waals surface area contributed by atoms with Crippen LogP contribution in [0.2, 0.25) is 0 Å². The number of hydrogen-bond acceptors (Lipinski definition) is 5. The van der Waals surface area contributed by atoms with E-state index in [0.717, 1.165) is 25.7 Å². The van der Waals surface area contributed by atoms with Crippen molar-refractivity contribution in [1.82, 2.24) is 0 Å². The Morgan fingerprint density at radius 2 is 1.95 bits per heavy atom. The van der Waals surface area contributed by atoms with Gasteiger partial charge in [-0.25, -0.2) is 0 Å². The highest BCUT2D eigenvalue weighted by molar-refractivity contribution is 6.45. The molecule has 1 fully saturated rings. The van der Waals surface area contributed by atoms with Crippen molar-refractivity contribution in [2.75, 3.05) is 10.7 Å². The van der Waals surface area contributed by atoms with Crippen molar-refractivity contribution in [3.63, 3.8) is 0 Å². The fraction of sp³-hybridized carbons (Fsp3) is 0.333. The zero-order chi connectivity index (χ0) is 15.9. The van der Waals surface area contributed by atoms with Crippen molar-refractivity contribution in [3.8, 4) is 6.07 Å². The second kappa shape index (κ2) is 7.22. The van der Waals surface area contributed by atoms with Gasteiger partial charge in [0, 0.05) is 5.92 Å². The van der Waals surface area contributed by atoms with Crippen LogP contribution in [0.4, 0.5) is 11.4 Å². The average molecular weight is 298 g/mol. The maximum atomic E-state index is 12.2. The molecule has 1 amide bonds. The molecule has 0 radical (unpaired) electrons. The first-order chi connectivity index (χ1) is 10.6. The quantitative estimate of drug-likeness (QED) is 0.377. The highest BCUT2D eigenvalue weighted by Gasteiger charge is 2.23. The van der Waals surface area contributed by atoms with E-state index < -0.39 is 5.84 Å². The Labute approximate surface area is 128 Å². The number of carbonyl (C=O) groups excluding carboxylic acids is 1. The normalized spacial score (nSPS) is 15.1. The number of nitriles is 1. The van der Waals surface area contributed by atoms with Gasteiger partial charge in [0.25, 0.3) is 0 Å². The zero-order valence-electron chi connectivity index (χ0n) is 12.1. The van der Waals surface area contributed by atoms with Crippen molar-refractivity contribution in [1.29, 1.82) is 10.7 Å². The van der Waals surface area contributed by atoms with Crippen molar-refractivity contribution < 1.29 is 4.79 Å². The van der Waals surface area contributed by atoms with Crippen molar-refractivity contribution in [2.45, 2.75) is 25.7 Å². The van der Waals surface area contributed by atoms with Crippen LogP contribution in [0.1, 0.15) is 25.7 Å². The van der Waals surface area contributed by atoms with Crippen molar-refractivity contribution in [2.24, 2.45) is 16.8 Å². The topological polar surface area (TPSA) is 127 Å². The molecule has 2 rings (SSSR count). The van der Waals surface area contributed by atoms with E-state index in [-0.39, 0.29) is 17.5 Å². The molecule has 0 heterocycles. The lowest BCUT2D eigenvalue weighted by Crippen LogP contribution is -2.22. The molecule has 1 aromatic carbocycles. The van der Waals surface area contributed by atoms with E-state index in [2.05, 4.69) is 15.8 Å². The zero-order valence-corrected chi connectivity index (χ0v) is 12.1. The minimum atomic E-state index is -0.414. The standard InChI is InChI=1S/C15H18N6O/c16-9-13(14(17)18)21-20-12-8-4-3-7-11(12)19-15(22)10-5-1-2-6-10/h3-4,7-8,10,20H,1-2,5-6H2,(H3,17,18)(H,19,22)/b21-13+. The van der Waals surface area contributed by atoms with Crippen LogP contribution in [0.5, 0.6) is 0 Å². The van der Waals surface area contributed by atoms with Crippen LogP contribution in [0.3, 0.4) is 0 Å². The number of carbonyl (C=O) groups is 1. The number of benzene rings is 1. The number of hydrazone groups is 1. The first kappa shape index (κ1) is 15.5. The summed E-state index contributed by atoms with van der Waals surface area (Å²) in [5.74, 6) is -0.353. The van der Waals surface area contributed by atoms with Gasteiger partial charge in [0.15, 0.2) is 5.84 Å². The third kappa shape index (κ3) is 3.82. The predicted molar refractivity (Wildman–Crippen MR) is 85.6 cm³/mol. The fourth-order valence-electron chi connectivity index (χ4n) is 2.37. The van der Waals surface area contributed by atoms with Gasteiger partial charge in [-0.2, -0.15) is 10.4 Å². The molecular weight excluding hydrogens is 280 g/mol. The van der Waals surface area contributed by atoms with E-state index >= 15 is 0 Å². The molecule has 0 aromatic heterocycles. The molecule has 0 bridgehead atoms. The molecule has 114 valence electrons. The van der Waals surface area contributed by atoms with Gasteiger partial charge in [0.1, 0.15) is 6.07 Å². The van der Waals surface area contributed by atoms with Gasteiger partial charge in [0.05, 0.1) is 11.4 Å². The number of para-hydroxylation sites is 2. The SMILES string of the molecule is N#C/C(=N\Nc1ccccc1NC(=O)C1CCCC1)C(=N)N. The van der Waals surface area contributed by atoms with E-state index in [1.54, 1.807) is 30.3 Å². The van der Waals surface area contributed by atoms with Crippen LogP contribution in [0.15, 0.2) is 29.4 Å². The largest absolute Gasteiger partial charge is 0.382 e. The second-order valence-electron chi connectivity index (χ2n) is 5.11. The van der Waals surface area contributed by atoms with Crippen LogP contribution >= 0.6 is 0 Å². The lowest BCUT2D eigenvalue weighted by molar-refractivity contribution is -0.119. The summed E-state index contributed by atoms with van der Waals surface area (Å²) in [5.41, 5.74) is 8.82. The molecule has 0 saturated heterocycles. The van der Waals surface area contributed by atoms with E-state index in [0.29, 0.717) is 11.4 Å². The third-order valence-corrected chi connectivity index (χ3v) is 3.56. The summed E-state index contributed by atoms with van der Waals surface area (Å²) in [6.45, 7) is 0. The summed E-state index contributed by atoms with van der Waals surface area (Å²) >= 11 is 0. The molecule has 1 aliphatic rings. The molecule has 7 nitrogen and oxygen atoms in total. The lowest BCUT2D eigenvalue weighted by Gasteiger charge is -2.13. The monoisotopic (exact) mass is 298 g/mol. The lowest BCUT2D eigenvalue weighted by atomic mass is 10.1. The number of nitrogens with two attached hydrogens (primary N) is 1. The summed E-state index contributed by atoms with van der Waals surface area (Å²) in [6, 6.07) is 8.79. The Morgan fingerprint density at radius 1 is 1.32 bits per heavy atom. The highest BCUT2D eigenvalue weighted by atomic mass is 16.1. The summed E-state index contributed by atoms with van der Waals surface area (Å²) in [6.07, 6.45) is 4.02. The average Bonchev–Trinajstić information content (AvgIpc) is 3.03. The smallest absolute Gasteiger partial charge is 0.227 e. The van der Waals surface area contributed by atoms with E-state index in [1.807, 2.05) is 0 Å². The molecule has 0 spiro atoms. The number of amidine groups is 1. The molecule has 1 saturated carbocycles. The Morgan fingerprint density at radius 3 is 2.55 bits per heavy atom. The fourth-order valence-corrected chi connectivity index (χ4v) is 2.37. The number of amides is 1. The highest BCUT2D eigenvalue weighted by Crippen LogP contribution is 2.28. The van der Waals surface area contributed by atoms with Gasteiger partial charge in [0.2, 0.25) is 11.6 Å². The van der Waals surface area contributed by atoms with Gasteiger partial charge in [-0.1, -0.05) is 25.0 Å². The summed E-state index contributed by atoms with van der Waals surface area (Å²) in [7, 11) is 0. The van der Waals surface area contributed by atoms with E-state index in [9.17, 15) is 4.79 Å². The number of nitrogens with one attached hydrogen (secondary N) is 3. The molecule has 0 aliphatic heterocycles. The molecule has 5 N–H and O–H groups in total. The van der Waals surface area contributed by atoms with Gasteiger partial charge in [-0.3, -0.25) is 15.6 Å². The van der Waals surface area contributed by atoms with Gasteiger partial charge in [-0.15, -0.1) is 0 Å². The molecule has 1 aliphatic carbocycles. The first-order valence-corrected chi connectivity index (χ1v) is 7.10. The Balaban J connectivity index is 2.11. The number of hydrogen-bond donors (Lipinski definition) is 4. The first-order valence-electron chi connectivity index (χ1n) is 7.10. The van der Waals surface area contributed by atoms with Gasteiger partial charge < -0.3 is 11.1 Å². The second-order valence-corrected chi connectivity index (χ2v) is 5.11. The molecule has 0 atom stereocenters. The van der Waals surface area contributed by atoms with Crippen LogP contribution < -0.4 is 16.5 Å². The third-order valence-electron chi connectivity index (χ3n) is 3.56. The summed E-state index contributed by atoms with van der Waals surface area (Å²) in [5, 5.41) is 22.7. The maximum absolute atomic E-state index is 12.2. The maximum Gasteiger partial charge on any atom is 0.227 e. The molecular formula is C15H18N6O. The number of rotatable bonds is 5. The van der Waals surface area contributed by atoms with Crippen molar-refractivity contribution in [3.05, 3.63) is 24.3 Å². The summed E-state index contributed by atoms with van der Waals surface area (Å²) < 4.78 is 0.